The molecular weight excluding hydrogens is 266 g/mol. The summed E-state index contributed by atoms with van der Waals surface area (Å²) < 4.78 is 0. The highest BCUT2D eigenvalue weighted by atomic mass is 16.1. The predicted octanol–water partition coefficient (Wildman–Crippen LogP) is 2.25. The van der Waals surface area contributed by atoms with Crippen molar-refractivity contribution in [1.29, 1.82) is 0 Å². The number of nitrogens with one attached hydrogen (secondary N) is 1. The number of carbonyl (C=O) groups excluding carboxylic acids is 2. The Morgan fingerprint density at radius 3 is 2.38 bits per heavy atom. The first-order valence-electron chi connectivity index (χ1n) is 6.44. The summed E-state index contributed by atoms with van der Waals surface area (Å²) in [6.07, 6.45) is 3.28. The van der Waals surface area contributed by atoms with Crippen LogP contribution in [0.15, 0.2) is 48.8 Å². The van der Waals surface area contributed by atoms with Gasteiger partial charge in [-0.15, -0.1) is 0 Å². The number of ketones is 2. The lowest BCUT2D eigenvalue weighted by molar-refractivity contribution is 0.0974. The summed E-state index contributed by atoms with van der Waals surface area (Å²) in [5.74, 6) is 0.0389. The number of pyridine rings is 1. The first kappa shape index (κ1) is 11.7. The van der Waals surface area contributed by atoms with E-state index < -0.39 is 0 Å². The van der Waals surface area contributed by atoms with Crippen LogP contribution in [0.5, 0.6) is 0 Å². The molecule has 0 fully saturated rings. The van der Waals surface area contributed by atoms with Crippen molar-refractivity contribution in [2.75, 3.05) is 0 Å². The molecule has 1 N–H and O–H groups in total. The fraction of sp³-hybridized carbons (Fsp3) is 0. The van der Waals surface area contributed by atoms with Crippen LogP contribution in [0.2, 0.25) is 0 Å². The number of rotatable bonds is 1. The number of carbonyl (C=O) groups is 2. The average Bonchev–Trinajstić information content (AvgIpc) is 2.99. The lowest BCUT2D eigenvalue weighted by Crippen LogP contribution is -2.20. The minimum Gasteiger partial charge on any atom is -0.335 e. The molecule has 0 unspecified atom stereocenters. The second-order valence-electron chi connectivity index (χ2n) is 4.75. The number of aromatic nitrogens is 3. The number of H-pyrrole nitrogens is 1. The number of nitrogens with zero attached hydrogens (tertiary/aromatic N) is 2. The number of imidazole rings is 1. The normalized spacial score (nSPS) is 13.0. The zero-order chi connectivity index (χ0) is 14.4. The number of hydrogen-bond acceptors (Lipinski definition) is 4. The zero-order valence-electron chi connectivity index (χ0n) is 10.8. The Labute approximate surface area is 119 Å². The predicted molar refractivity (Wildman–Crippen MR) is 75.1 cm³/mol. The summed E-state index contributed by atoms with van der Waals surface area (Å²) in [7, 11) is 0. The molecular formula is C16H9N3O2. The standard InChI is InChI=1S/C16H9N3O2/c20-14-10-5-1-2-6-11(10)15(21)13-12(14)18-16(19-13)9-4-3-7-17-8-9/h1-8H,(H,18,19). The van der Waals surface area contributed by atoms with Gasteiger partial charge in [0.1, 0.15) is 17.2 Å². The highest BCUT2D eigenvalue weighted by Gasteiger charge is 2.33. The molecule has 0 spiro atoms. The van der Waals surface area contributed by atoms with Crippen molar-refractivity contribution in [2.45, 2.75) is 0 Å². The second-order valence-corrected chi connectivity index (χ2v) is 4.75. The van der Waals surface area contributed by atoms with Crippen LogP contribution in [-0.4, -0.2) is 26.5 Å². The molecule has 21 heavy (non-hydrogen) atoms. The van der Waals surface area contributed by atoms with Gasteiger partial charge < -0.3 is 4.98 Å². The first-order valence-corrected chi connectivity index (χ1v) is 6.44. The van der Waals surface area contributed by atoms with Crippen LogP contribution in [0.1, 0.15) is 32.1 Å². The van der Waals surface area contributed by atoms with Crippen LogP contribution in [0.4, 0.5) is 0 Å². The fourth-order valence-electron chi connectivity index (χ4n) is 2.48. The Morgan fingerprint density at radius 1 is 0.905 bits per heavy atom. The van der Waals surface area contributed by atoms with Gasteiger partial charge in [-0.2, -0.15) is 0 Å². The molecule has 0 saturated heterocycles. The molecule has 2 aromatic heterocycles. The summed E-state index contributed by atoms with van der Waals surface area (Å²) in [6, 6.07) is 10.4. The van der Waals surface area contributed by atoms with Gasteiger partial charge in [-0.3, -0.25) is 14.6 Å². The molecule has 0 aliphatic heterocycles. The van der Waals surface area contributed by atoms with Crippen molar-refractivity contribution < 1.29 is 9.59 Å². The van der Waals surface area contributed by atoms with Gasteiger partial charge in [-0.1, -0.05) is 24.3 Å². The maximum absolute atomic E-state index is 12.5. The van der Waals surface area contributed by atoms with Gasteiger partial charge in [0.05, 0.1) is 0 Å². The molecule has 0 radical (unpaired) electrons. The monoisotopic (exact) mass is 275 g/mol. The first-order chi connectivity index (χ1) is 10.3. The molecule has 0 bridgehead atoms. The van der Waals surface area contributed by atoms with E-state index in [4.69, 9.17) is 0 Å². The maximum Gasteiger partial charge on any atom is 0.214 e. The zero-order valence-corrected chi connectivity index (χ0v) is 10.8. The summed E-state index contributed by atoms with van der Waals surface area (Å²) >= 11 is 0. The number of aromatic amines is 1. The van der Waals surface area contributed by atoms with E-state index in [0.717, 1.165) is 5.56 Å². The van der Waals surface area contributed by atoms with Gasteiger partial charge in [-0.05, 0) is 12.1 Å². The summed E-state index contributed by atoms with van der Waals surface area (Å²) in [5.41, 5.74) is 1.97. The second kappa shape index (κ2) is 4.21. The molecule has 1 aromatic carbocycles. The Bertz CT molecular complexity index is 829. The molecule has 0 atom stereocenters. The lowest BCUT2D eigenvalue weighted by Gasteiger charge is -2.11. The van der Waals surface area contributed by atoms with Gasteiger partial charge in [0, 0.05) is 29.1 Å². The molecule has 0 saturated carbocycles. The molecule has 3 aromatic rings. The van der Waals surface area contributed by atoms with E-state index >= 15 is 0 Å². The van der Waals surface area contributed by atoms with Crippen molar-refractivity contribution in [2.24, 2.45) is 0 Å². The van der Waals surface area contributed by atoms with Crippen LogP contribution >= 0.6 is 0 Å². The van der Waals surface area contributed by atoms with Crippen molar-refractivity contribution in [3.8, 4) is 11.4 Å². The van der Waals surface area contributed by atoms with Crippen molar-refractivity contribution in [3.05, 3.63) is 71.3 Å². The summed E-state index contributed by atoms with van der Waals surface area (Å²) in [6.45, 7) is 0. The van der Waals surface area contributed by atoms with E-state index in [9.17, 15) is 9.59 Å². The van der Waals surface area contributed by atoms with E-state index in [0.29, 0.717) is 17.0 Å². The number of benzene rings is 1. The molecule has 5 heteroatoms. The number of fused-ring (bicyclic) bond motifs is 2. The van der Waals surface area contributed by atoms with Crippen LogP contribution in [0, 0.1) is 0 Å². The molecule has 5 nitrogen and oxygen atoms in total. The van der Waals surface area contributed by atoms with Gasteiger partial charge >= 0.3 is 0 Å². The summed E-state index contributed by atoms with van der Waals surface area (Å²) in [4.78, 5) is 36.2. The SMILES string of the molecule is O=C1c2ccccc2C(=O)c2[nH]c(-c3cccnc3)nc21. The van der Waals surface area contributed by atoms with Gasteiger partial charge in [0.25, 0.3) is 0 Å². The number of hydrogen-bond donors (Lipinski definition) is 1. The molecule has 1 aliphatic carbocycles. The highest BCUT2D eigenvalue weighted by Crippen LogP contribution is 2.27. The third-order valence-corrected chi connectivity index (χ3v) is 3.50. The van der Waals surface area contributed by atoms with E-state index in [1.165, 1.54) is 0 Å². The van der Waals surface area contributed by atoms with Crippen LogP contribution < -0.4 is 0 Å². The molecule has 1 aliphatic rings. The third-order valence-electron chi connectivity index (χ3n) is 3.50. The van der Waals surface area contributed by atoms with Crippen molar-refractivity contribution in [3.63, 3.8) is 0 Å². The highest BCUT2D eigenvalue weighted by molar-refractivity contribution is 6.27. The average molecular weight is 275 g/mol. The minimum absolute atomic E-state index is 0.178. The Balaban J connectivity index is 1.92. The van der Waals surface area contributed by atoms with E-state index in [2.05, 4.69) is 15.0 Å². The smallest absolute Gasteiger partial charge is 0.214 e. The van der Waals surface area contributed by atoms with Crippen molar-refractivity contribution in [1.82, 2.24) is 15.0 Å². The third kappa shape index (κ3) is 1.64. The van der Waals surface area contributed by atoms with E-state index in [1.807, 2.05) is 6.07 Å². The molecule has 0 amide bonds. The van der Waals surface area contributed by atoms with Gasteiger partial charge in [0.15, 0.2) is 0 Å². The van der Waals surface area contributed by atoms with Crippen LogP contribution in [-0.2, 0) is 0 Å². The van der Waals surface area contributed by atoms with Crippen LogP contribution in [0.25, 0.3) is 11.4 Å². The van der Waals surface area contributed by atoms with Crippen molar-refractivity contribution >= 4 is 11.6 Å². The summed E-state index contributed by atoms with van der Waals surface area (Å²) in [5, 5.41) is 0. The van der Waals surface area contributed by atoms with Gasteiger partial charge in [-0.25, -0.2) is 4.98 Å². The fourth-order valence-corrected chi connectivity index (χ4v) is 2.48. The van der Waals surface area contributed by atoms with Gasteiger partial charge in [0.2, 0.25) is 11.6 Å². The lowest BCUT2D eigenvalue weighted by atomic mass is 9.90. The molecule has 100 valence electrons. The Hall–Kier alpha value is -3.08. The Kier molecular flexibility index (Phi) is 2.35. The molecule has 4 rings (SSSR count). The maximum atomic E-state index is 12.5. The topological polar surface area (TPSA) is 75.7 Å². The molecule has 2 heterocycles. The minimum atomic E-state index is -0.230. The van der Waals surface area contributed by atoms with E-state index in [-0.39, 0.29) is 23.0 Å². The Morgan fingerprint density at radius 2 is 1.67 bits per heavy atom. The largest absolute Gasteiger partial charge is 0.335 e. The van der Waals surface area contributed by atoms with Crippen LogP contribution in [0.3, 0.4) is 0 Å². The quantitative estimate of drug-likeness (QED) is 0.578. The van der Waals surface area contributed by atoms with E-state index in [1.54, 1.807) is 42.7 Å².